The topological polar surface area (TPSA) is 137 Å². The number of anilines is 1. The molecule has 0 radical (unpaired) electrons. The predicted octanol–water partition coefficient (Wildman–Crippen LogP) is -0.308. The number of hydrogen-bond donors (Lipinski definition) is 1. The van der Waals surface area contributed by atoms with E-state index in [-0.39, 0.29) is 30.2 Å². The average Bonchev–Trinajstić information content (AvgIpc) is 2.70. The van der Waals surface area contributed by atoms with E-state index in [1.165, 1.54) is 24.0 Å². The summed E-state index contributed by atoms with van der Waals surface area (Å²) in [5, 5.41) is 14.7. The van der Waals surface area contributed by atoms with Crippen molar-refractivity contribution in [3.63, 3.8) is 0 Å². The predicted molar refractivity (Wildman–Crippen MR) is 69.5 cm³/mol. The van der Waals surface area contributed by atoms with Crippen molar-refractivity contribution in [3.05, 3.63) is 27.9 Å². The Morgan fingerprint density at radius 1 is 1.50 bits per heavy atom. The van der Waals surface area contributed by atoms with Crippen LogP contribution in [-0.2, 0) is 14.8 Å². The molecule has 108 valence electrons. The first kappa shape index (κ1) is 14.3. The van der Waals surface area contributed by atoms with Crippen molar-refractivity contribution in [2.75, 3.05) is 11.4 Å². The molecule has 2 N–H and O–H groups in total. The van der Waals surface area contributed by atoms with Gasteiger partial charge < -0.3 is 0 Å². The lowest BCUT2D eigenvalue weighted by atomic mass is 10.3. The van der Waals surface area contributed by atoms with Crippen LogP contribution < -0.4 is 10.0 Å². The molecule has 0 spiro atoms. The van der Waals surface area contributed by atoms with Crippen LogP contribution in [0.5, 0.6) is 0 Å². The lowest BCUT2D eigenvalue weighted by Gasteiger charge is -2.15. The van der Waals surface area contributed by atoms with Gasteiger partial charge in [-0.2, -0.15) is 0 Å². The van der Waals surface area contributed by atoms with Crippen LogP contribution >= 0.6 is 0 Å². The number of aromatic nitrogens is 1. The Labute approximate surface area is 114 Å². The first-order valence-corrected chi connectivity index (χ1v) is 7.25. The molecule has 1 aromatic heterocycles. The van der Waals surface area contributed by atoms with Crippen molar-refractivity contribution >= 4 is 27.4 Å². The number of nitro groups is 1. The molecule has 0 aromatic carbocycles. The molecule has 1 fully saturated rings. The van der Waals surface area contributed by atoms with Gasteiger partial charge in [0.25, 0.3) is 5.69 Å². The zero-order chi connectivity index (χ0) is 15.1. The molecule has 1 atom stereocenters. The summed E-state index contributed by atoms with van der Waals surface area (Å²) in [4.78, 5) is 27.1. The molecule has 0 aliphatic carbocycles. The molecule has 1 unspecified atom stereocenters. The SMILES string of the molecule is Cc1nc(N2CC(S(N)(=O)=O)CC2=O)ccc1[N+](=O)[O-]. The van der Waals surface area contributed by atoms with Gasteiger partial charge in [-0.05, 0) is 13.0 Å². The van der Waals surface area contributed by atoms with E-state index in [1.54, 1.807) is 0 Å². The van der Waals surface area contributed by atoms with Crippen LogP contribution in [0, 0.1) is 17.0 Å². The molecular formula is C10H12N4O5S. The van der Waals surface area contributed by atoms with E-state index in [0.717, 1.165) is 0 Å². The summed E-state index contributed by atoms with van der Waals surface area (Å²) in [6.45, 7) is 1.35. The molecule has 1 aromatic rings. The Morgan fingerprint density at radius 3 is 2.60 bits per heavy atom. The van der Waals surface area contributed by atoms with Crippen molar-refractivity contribution in [3.8, 4) is 0 Å². The smallest absolute Gasteiger partial charge is 0.290 e. The number of carbonyl (C=O) groups is 1. The van der Waals surface area contributed by atoms with Gasteiger partial charge in [-0.1, -0.05) is 0 Å². The Morgan fingerprint density at radius 2 is 2.15 bits per heavy atom. The van der Waals surface area contributed by atoms with E-state index >= 15 is 0 Å². The van der Waals surface area contributed by atoms with Crippen molar-refractivity contribution < 1.29 is 18.1 Å². The number of aryl methyl sites for hydroxylation is 1. The molecule has 2 heterocycles. The third-order valence-corrected chi connectivity index (χ3v) is 4.32. The largest absolute Gasteiger partial charge is 0.295 e. The third kappa shape index (κ3) is 2.60. The minimum Gasteiger partial charge on any atom is -0.295 e. The maximum Gasteiger partial charge on any atom is 0.290 e. The Hall–Kier alpha value is -2.07. The number of nitrogens with zero attached hydrogens (tertiary/aromatic N) is 3. The molecule has 2 rings (SSSR count). The van der Waals surface area contributed by atoms with Crippen LogP contribution in [0.4, 0.5) is 11.5 Å². The van der Waals surface area contributed by atoms with Gasteiger partial charge >= 0.3 is 0 Å². The summed E-state index contributed by atoms with van der Waals surface area (Å²) in [5.41, 5.74) is -0.0113. The van der Waals surface area contributed by atoms with E-state index in [0.29, 0.717) is 0 Å². The van der Waals surface area contributed by atoms with Crippen LogP contribution in [0.15, 0.2) is 12.1 Å². The molecule has 10 heteroatoms. The molecule has 1 aliphatic rings. The third-order valence-electron chi connectivity index (χ3n) is 3.07. The monoisotopic (exact) mass is 300 g/mol. The summed E-state index contributed by atoms with van der Waals surface area (Å²) in [6.07, 6.45) is -0.212. The second-order valence-corrected chi connectivity index (χ2v) is 6.30. The normalized spacial score (nSPS) is 19.4. The fraction of sp³-hybridized carbons (Fsp3) is 0.400. The highest BCUT2D eigenvalue weighted by Gasteiger charge is 2.38. The number of amides is 1. The van der Waals surface area contributed by atoms with Gasteiger partial charge in [-0.15, -0.1) is 0 Å². The number of carbonyl (C=O) groups excluding carboxylic acids is 1. The van der Waals surface area contributed by atoms with E-state index in [1.807, 2.05) is 0 Å². The minimum absolute atomic E-state index is 0.0953. The maximum atomic E-state index is 11.8. The Bertz CT molecular complexity index is 687. The summed E-state index contributed by atoms with van der Waals surface area (Å²) in [7, 11) is -3.81. The molecule has 1 saturated heterocycles. The van der Waals surface area contributed by atoms with Crippen LogP contribution in [-0.4, -0.2) is 36.0 Å². The Balaban J connectivity index is 2.31. The molecule has 20 heavy (non-hydrogen) atoms. The van der Waals surface area contributed by atoms with Gasteiger partial charge in [-0.3, -0.25) is 19.8 Å². The van der Waals surface area contributed by atoms with E-state index in [9.17, 15) is 23.3 Å². The minimum atomic E-state index is -3.81. The fourth-order valence-corrected chi connectivity index (χ4v) is 2.73. The summed E-state index contributed by atoms with van der Waals surface area (Å²) in [5.74, 6) is -0.242. The van der Waals surface area contributed by atoms with E-state index in [4.69, 9.17) is 5.14 Å². The first-order valence-electron chi connectivity index (χ1n) is 5.64. The van der Waals surface area contributed by atoms with Crippen molar-refractivity contribution in [2.24, 2.45) is 5.14 Å². The van der Waals surface area contributed by atoms with Crippen molar-refractivity contribution in [1.29, 1.82) is 0 Å². The van der Waals surface area contributed by atoms with Crippen LogP contribution in [0.1, 0.15) is 12.1 Å². The summed E-state index contributed by atoms with van der Waals surface area (Å²) >= 11 is 0. The van der Waals surface area contributed by atoms with Crippen molar-refractivity contribution in [2.45, 2.75) is 18.6 Å². The molecular weight excluding hydrogens is 288 g/mol. The fourth-order valence-electron chi connectivity index (χ4n) is 2.00. The second kappa shape index (κ2) is 4.80. The second-order valence-electron chi connectivity index (χ2n) is 4.45. The molecule has 1 amide bonds. The van der Waals surface area contributed by atoms with E-state index in [2.05, 4.69) is 4.98 Å². The highest BCUT2D eigenvalue weighted by Crippen LogP contribution is 2.25. The highest BCUT2D eigenvalue weighted by molar-refractivity contribution is 7.89. The van der Waals surface area contributed by atoms with Crippen LogP contribution in [0.2, 0.25) is 0 Å². The average molecular weight is 300 g/mol. The van der Waals surface area contributed by atoms with Crippen LogP contribution in [0.3, 0.4) is 0 Å². The van der Waals surface area contributed by atoms with Gasteiger partial charge in [-0.25, -0.2) is 18.5 Å². The number of primary sulfonamides is 1. The van der Waals surface area contributed by atoms with Crippen molar-refractivity contribution in [1.82, 2.24) is 4.98 Å². The number of nitrogens with two attached hydrogens (primary N) is 1. The molecule has 9 nitrogen and oxygen atoms in total. The van der Waals surface area contributed by atoms with Gasteiger partial charge in [0.15, 0.2) is 0 Å². The highest BCUT2D eigenvalue weighted by atomic mass is 32.2. The number of rotatable bonds is 3. The number of pyridine rings is 1. The van der Waals surface area contributed by atoms with Crippen LogP contribution in [0.25, 0.3) is 0 Å². The zero-order valence-corrected chi connectivity index (χ0v) is 11.3. The first-order chi connectivity index (χ1) is 9.20. The van der Waals surface area contributed by atoms with Gasteiger partial charge in [0.2, 0.25) is 15.9 Å². The van der Waals surface area contributed by atoms with Gasteiger partial charge in [0.1, 0.15) is 16.8 Å². The van der Waals surface area contributed by atoms with E-state index < -0.39 is 26.1 Å². The molecule has 0 saturated carbocycles. The Kier molecular flexibility index (Phi) is 3.44. The zero-order valence-electron chi connectivity index (χ0n) is 10.5. The van der Waals surface area contributed by atoms with Gasteiger partial charge in [0.05, 0.1) is 4.92 Å². The summed E-state index contributed by atoms with van der Waals surface area (Å²) < 4.78 is 22.5. The standard InChI is InChI=1S/C10H12N4O5S/c1-6-8(14(16)17)2-3-9(12-6)13-5-7(4-10(13)15)20(11,18)19/h2-3,7H,4-5H2,1H3,(H2,11,18,19). The van der Waals surface area contributed by atoms with Gasteiger partial charge in [0, 0.05) is 19.0 Å². The summed E-state index contributed by atoms with van der Waals surface area (Å²) in [6, 6.07) is 2.55. The maximum absolute atomic E-state index is 11.8. The lowest BCUT2D eigenvalue weighted by Crippen LogP contribution is -2.32. The number of sulfonamides is 1. The molecule has 1 aliphatic heterocycles. The quantitative estimate of drug-likeness (QED) is 0.600. The number of hydrogen-bond acceptors (Lipinski definition) is 6. The molecule has 0 bridgehead atoms. The lowest BCUT2D eigenvalue weighted by molar-refractivity contribution is -0.385.